The fourth-order valence-corrected chi connectivity index (χ4v) is 4.47. The second-order valence-electron chi connectivity index (χ2n) is 8.38. The van der Waals surface area contributed by atoms with Gasteiger partial charge in [0.25, 0.3) is 5.91 Å². The monoisotopic (exact) mass is 486 g/mol. The number of amides is 2. The second kappa shape index (κ2) is 9.86. The summed E-state index contributed by atoms with van der Waals surface area (Å²) in [6.45, 7) is 3.86. The largest absolute Gasteiger partial charge is 0.378 e. The lowest BCUT2D eigenvalue weighted by Crippen LogP contribution is -2.50. The number of nitrogens with one attached hydrogen (secondary N) is 1. The molecule has 2 N–H and O–H groups in total. The molecule has 11 heteroatoms. The van der Waals surface area contributed by atoms with E-state index in [2.05, 4.69) is 20.8 Å². The van der Waals surface area contributed by atoms with Gasteiger partial charge in [-0.25, -0.2) is 9.07 Å². The van der Waals surface area contributed by atoms with Crippen molar-refractivity contribution in [1.29, 1.82) is 0 Å². The van der Waals surface area contributed by atoms with Crippen LogP contribution >= 0.6 is 11.6 Å². The Morgan fingerprint density at radius 2 is 2.03 bits per heavy atom. The van der Waals surface area contributed by atoms with Crippen LogP contribution in [0.3, 0.4) is 0 Å². The third-order valence-corrected chi connectivity index (χ3v) is 6.51. The number of hydrogen-bond acceptors (Lipinski definition) is 6. The zero-order chi connectivity index (χ0) is 24.4. The lowest BCUT2D eigenvalue weighted by Gasteiger charge is -2.30. The van der Waals surface area contributed by atoms with Crippen LogP contribution in [0.1, 0.15) is 37.5 Å². The van der Waals surface area contributed by atoms with Crippen molar-refractivity contribution in [3.63, 3.8) is 0 Å². The van der Waals surface area contributed by atoms with Crippen molar-refractivity contribution in [3.05, 3.63) is 70.8 Å². The van der Waals surface area contributed by atoms with Crippen molar-refractivity contribution in [1.82, 2.24) is 30.4 Å². The quantitative estimate of drug-likeness (QED) is 0.553. The molecule has 4 atom stereocenters. The van der Waals surface area contributed by atoms with Gasteiger partial charge in [-0.05, 0) is 59.5 Å². The topological polar surface area (TPSA) is 113 Å². The Kier molecular flexibility index (Phi) is 6.90. The highest BCUT2D eigenvalue weighted by Gasteiger charge is 2.45. The minimum atomic E-state index is -1.71. The van der Waals surface area contributed by atoms with E-state index in [1.54, 1.807) is 24.3 Å². The van der Waals surface area contributed by atoms with Gasteiger partial charge in [0.1, 0.15) is 18.2 Å². The summed E-state index contributed by atoms with van der Waals surface area (Å²) in [5.41, 5.74) is 1.20. The molecule has 1 fully saturated rings. The van der Waals surface area contributed by atoms with Crippen LogP contribution in [0.4, 0.5) is 4.39 Å². The molecule has 178 valence electrons. The SMILES string of the molecule is CC1[C@@H](C)C[C@@H](C(=O)NCc2cc(Cl)ccc2-n2cnnn2)N1C(=O)C(O)c1ccccc1F. The van der Waals surface area contributed by atoms with Gasteiger partial charge in [-0.15, -0.1) is 5.10 Å². The molecule has 0 aliphatic carbocycles. The fraction of sp³-hybridized carbons (Fsp3) is 0.348. The number of aromatic nitrogens is 4. The zero-order valence-corrected chi connectivity index (χ0v) is 19.4. The van der Waals surface area contributed by atoms with E-state index in [1.807, 2.05) is 13.8 Å². The summed E-state index contributed by atoms with van der Waals surface area (Å²) in [5, 5.41) is 25.1. The highest BCUT2D eigenvalue weighted by molar-refractivity contribution is 6.30. The highest BCUT2D eigenvalue weighted by atomic mass is 35.5. The summed E-state index contributed by atoms with van der Waals surface area (Å²) >= 11 is 6.14. The van der Waals surface area contributed by atoms with Crippen molar-refractivity contribution in [2.24, 2.45) is 5.92 Å². The highest BCUT2D eigenvalue weighted by Crippen LogP contribution is 2.33. The standard InChI is InChI=1S/C23H24ClFN6O3/c1-13-9-20(31(14(13)2)23(34)21(32)17-5-3-4-6-18(17)25)22(33)26-11-15-10-16(24)7-8-19(15)30-12-27-28-29-30/h3-8,10,12-14,20-21,32H,9,11H2,1-2H3,(H,26,33)/t13-,14?,20-,21?/m0/s1. The number of carbonyl (C=O) groups excluding carboxylic acids is 2. The third kappa shape index (κ3) is 4.64. The van der Waals surface area contributed by atoms with Crippen molar-refractivity contribution < 1.29 is 19.1 Å². The van der Waals surface area contributed by atoms with Crippen LogP contribution in [-0.4, -0.2) is 54.1 Å². The number of rotatable bonds is 6. The number of halogens is 2. The predicted molar refractivity (Wildman–Crippen MR) is 121 cm³/mol. The van der Waals surface area contributed by atoms with Gasteiger partial charge in [0.05, 0.1) is 5.69 Å². The van der Waals surface area contributed by atoms with Gasteiger partial charge in [0, 0.05) is 23.2 Å². The van der Waals surface area contributed by atoms with E-state index >= 15 is 0 Å². The van der Waals surface area contributed by atoms with Crippen molar-refractivity contribution >= 4 is 23.4 Å². The molecule has 9 nitrogen and oxygen atoms in total. The number of tetrazole rings is 1. The van der Waals surface area contributed by atoms with Crippen LogP contribution in [0.25, 0.3) is 5.69 Å². The third-order valence-electron chi connectivity index (χ3n) is 6.27. The van der Waals surface area contributed by atoms with Crippen molar-refractivity contribution in [2.75, 3.05) is 0 Å². The molecule has 0 spiro atoms. The Morgan fingerprint density at radius 1 is 1.26 bits per heavy atom. The van der Waals surface area contributed by atoms with Gasteiger partial charge in [-0.1, -0.05) is 36.7 Å². The Labute approximate surface area is 200 Å². The molecule has 2 aromatic carbocycles. The zero-order valence-electron chi connectivity index (χ0n) is 18.6. The Hall–Kier alpha value is -3.37. The van der Waals surface area contributed by atoms with Crippen molar-refractivity contribution in [2.45, 2.75) is 45.0 Å². The van der Waals surface area contributed by atoms with E-state index in [4.69, 9.17) is 11.6 Å². The first-order valence-corrected chi connectivity index (χ1v) is 11.2. The summed E-state index contributed by atoms with van der Waals surface area (Å²) < 4.78 is 15.6. The van der Waals surface area contributed by atoms with Gasteiger partial charge in [-0.3, -0.25) is 9.59 Å². The number of likely N-dealkylation sites (tertiary alicyclic amines) is 1. The summed E-state index contributed by atoms with van der Waals surface area (Å²) in [4.78, 5) is 27.7. The summed E-state index contributed by atoms with van der Waals surface area (Å²) in [5.74, 6) is -1.76. The molecular formula is C23H24ClFN6O3. The molecule has 0 bridgehead atoms. The summed E-state index contributed by atoms with van der Waals surface area (Å²) in [7, 11) is 0. The maximum Gasteiger partial charge on any atom is 0.257 e. The molecule has 0 radical (unpaired) electrons. The molecule has 1 aliphatic heterocycles. The lowest BCUT2D eigenvalue weighted by molar-refractivity contribution is -0.147. The molecular weight excluding hydrogens is 463 g/mol. The number of benzene rings is 2. The van der Waals surface area contributed by atoms with E-state index in [0.717, 1.165) is 0 Å². The molecule has 2 heterocycles. The molecule has 0 saturated carbocycles. The second-order valence-corrected chi connectivity index (χ2v) is 8.82. The van der Waals surface area contributed by atoms with Gasteiger partial charge in [0.2, 0.25) is 5.91 Å². The number of hydrogen-bond donors (Lipinski definition) is 2. The smallest absolute Gasteiger partial charge is 0.257 e. The first-order valence-electron chi connectivity index (χ1n) is 10.8. The summed E-state index contributed by atoms with van der Waals surface area (Å²) in [6, 6.07) is 9.56. The van der Waals surface area contributed by atoms with E-state index in [9.17, 15) is 19.1 Å². The van der Waals surface area contributed by atoms with E-state index < -0.39 is 23.9 Å². The number of aliphatic hydroxyl groups excluding tert-OH is 1. The lowest BCUT2D eigenvalue weighted by atomic mass is 10.0. The van der Waals surface area contributed by atoms with Crippen LogP contribution in [-0.2, 0) is 16.1 Å². The first kappa shape index (κ1) is 23.8. The maximum absolute atomic E-state index is 14.2. The molecule has 3 aromatic rings. The molecule has 4 rings (SSSR count). The molecule has 2 amide bonds. The molecule has 1 aliphatic rings. The number of nitrogens with zero attached hydrogens (tertiary/aromatic N) is 5. The summed E-state index contributed by atoms with van der Waals surface area (Å²) in [6.07, 6.45) is 0.140. The minimum absolute atomic E-state index is 0.00970. The number of carbonyl (C=O) groups is 2. The minimum Gasteiger partial charge on any atom is -0.378 e. The Morgan fingerprint density at radius 3 is 2.74 bits per heavy atom. The molecule has 1 saturated heterocycles. The van der Waals surface area contributed by atoms with Crippen LogP contribution in [0.5, 0.6) is 0 Å². The molecule has 34 heavy (non-hydrogen) atoms. The van der Waals surface area contributed by atoms with E-state index in [1.165, 1.54) is 34.1 Å². The van der Waals surface area contributed by atoms with Gasteiger partial charge in [0.15, 0.2) is 6.10 Å². The van der Waals surface area contributed by atoms with Gasteiger partial charge < -0.3 is 15.3 Å². The molecule has 2 unspecified atom stereocenters. The average molecular weight is 487 g/mol. The normalized spacial score (nSPS) is 20.9. The van der Waals surface area contributed by atoms with Crippen molar-refractivity contribution in [3.8, 4) is 5.69 Å². The Bertz CT molecular complexity index is 1190. The van der Waals surface area contributed by atoms with Crippen LogP contribution in [0.15, 0.2) is 48.8 Å². The number of aliphatic hydroxyl groups is 1. The van der Waals surface area contributed by atoms with Crippen LogP contribution in [0.2, 0.25) is 5.02 Å². The Balaban J connectivity index is 1.53. The molecule has 1 aromatic heterocycles. The van der Waals surface area contributed by atoms with E-state index in [0.29, 0.717) is 22.7 Å². The average Bonchev–Trinajstić information content (AvgIpc) is 3.45. The van der Waals surface area contributed by atoms with Crippen LogP contribution < -0.4 is 5.32 Å². The van der Waals surface area contributed by atoms with Gasteiger partial charge >= 0.3 is 0 Å². The maximum atomic E-state index is 14.2. The van der Waals surface area contributed by atoms with Crippen LogP contribution in [0, 0.1) is 11.7 Å². The predicted octanol–water partition coefficient (Wildman–Crippen LogP) is 2.43. The fourth-order valence-electron chi connectivity index (χ4n) is 4.27. The first-order chi connectivity index (χ1) is 16.3. The van der Waals surface area contributed by atoms with Gasteiger partial charge in [-0.2, -0.15) is 0 Å². The van der Waals surface area contributed by atoms with E-state index in [-0.39, 0.29) is 30.0 Å².